The number of aliphatic carboxylic acids is 1. The van der Waals surface area contributed by atoms with Gasteiger partial charge < -0.3 is 15.7 Å². The lowest BCUT2D eigenvalue weighted by molar-refractivity contribution is -0.139. The summed E-state index contributed by atoms with van der Waals surface area (Å²) in [5.74, 6) is 1.42. The molecule has 5 nitrogen and oxygen atoms in total. The van der Waals surface area contributed by atoms with Crippen LogP contribution in [0, 0.1) is 23.7 Å². The van der Waals surface area contributed by atoms with Crippen LogP contribution in [0.2, 0.25) is 0 Å². The van der Waals surface area contributed by atoms with Crippen LogP contribution in [0.1, 0.15) is 52.9 Å². The third kappa shape index (κ3) is 4.11. The molecule has 0 aliphatic heterocycles. The molecule has 2 aliphatic carbocycles. The largest absolute Gasteiger partial charge is 0.480 e. The molecule has 3 N–H and O–H groups in total. The van der Waals surface area contributed by atoms with Gasteiger partial charge >= 0.3 is 12.0 Å². The molecule has 2 fully saturated rings. The fourth-order valence-electron chi connectivity index (χ4n) is 4.11. The predicted octanol–water partition coefficient (Wildman–Crippen LogP) is 2.61. The zero-order valence-electron chi connectivity index (χ0n) is 13.3. The molecule has 2 saturated carbocycles. The first-order valence-electron chi connectivity index (χ1n) is 8.16. The molecule has 5 heteroatoms. The zero-order valence-corrected chi connectivity index (χ0v) is 13.3. The Balaban J connectivity index is 1.81. The second kappa shape index (κ2) is 6.67. The normalized spacial score (nSPS) is 30.2. The van der Waals surface area contributed by atoms with Crippen LogP contribution in [0.15, 0.2) is 0 Å². The first-order chi connectivity index (χ1) is 9.86. The van der Waals surface area contributed by atoms with E-state index in [4.69, 9.17) is 5.11 Å². The van der Waals surface area contributed by atoms with Gasteiger partial charge in [-0.15, -0.1) is 0 Å². The smallest absolute Gasteiger partial charge is 0.326 e. The summed E-state index contributed by atoms with van der Waals surface area (Å²) in [5, 5.41) is 14.7. The lowest BCUT2D eigenvalue weighted by Gasteiger charge is -2.29. The molecule has 0 aromatic heterocycles. The Morgan fingerprint density at radius 3 is 2.33 bits per heavy atom. The highest BCUT2D eigenvalue weighted by Crippen LogP contribution is 2.49. The Labute approximate surface area is 126 Å². The Morgan fingerprint density at radius 1 is 1.14 bits per heavy atom. The molecule has 21 heavy (non-hydrogen) atoms. The molecule has 2 rings (SSSR count). The van der Waals surface area contributed by atoms with Crippen LogP contribution in [0.4, 0.5) is 4.79 Å². The number of nitrogens with one attached hydrogen (secondary N) is 2. The van der Waals surface area contributed by atoms with E-state index in [1.807, 2.05) is 20.8 Å². The monoisotopic (exact) mass is 296 g/mol. The van der Waals surface area contributed by atoms with Crippen LogP contribution in [0.25, 0.3) is 0 Å². The van der Waals surface area contributed by atoms with Crippen LogP contribution in [-0.4, -0.2) is 29.2 Å². The summed E-state index contributed by atoms with van der Waals surface area (Å²) in [6.07, 6.45) is 5.60. The Kier molecular flexibility index (Phi) is 5.12. The molecule has 0 radical (unpaired) electrons. The lowest BCUT2D eigenvalue weighted by atomic mass is 9.84. The van der Waals surface area contributed by atoms with Crippen molar-refractivity contribution in [2.24, 2.45) is 23.7 Å². The highest BCUT2D eigenvalue weighted by Gasteiger charge is 2.42. The van der Waals surface area contributed by atoms with E-state index in [0.29, 0.717) is 12.3 Å². The quantitative estimate of drug-likeness (QED) is 0.705. The highest BCUT2D eigenvalue weighted by atomic mass is 16.4. The fourth-order valence-corrected chi connectivity index (χ4v) is 4.11. The molecule has 2 amide bonds. The molecule has 0 heterocycles. The molecule has 4 unspecified atom stereocenters. The second-order valence-electron chi connectivity index (χ2n) is 7.27. The summed E-state index contributed by atoms with van der Waals surface area (Å²) in [7, 11) is 0. The van der Waals surface area contributed by atoms with E-state index in [1.54, 1.807) is 0 Å². The van der Waals surface area contributed by atoms with Gasteiger partial charge in [0.05, 0.1) is 0 Å². The third-order valence-corrected chi connectivity index (χ3v) is 5.10. The summed E-state index contributed by atoms with van der Waals surface area (Å²) < 4.78 is 0. The van der Waals surface area contributed by atoms with Gasteiger partial charge in [0, 0.05) is 6.04 Å². The standard InChI is InChI=1S/C16H28N2O3/c1-9(2)6-14(15(19)20)18-16(21)17-10(3)13-8-11-4-5-12(13)7-11/h9-14H,4-8H2,1-3H3,(H,19,20)(H2,17,18,21)/t10?,11?,12?,13?,14-/m0/s1. The molecular formula is C16H28N2O3. The summed E-state index contributed by atoms with van der Waals surface area (Å²) in [6.45, 7) is 5.95. The molecule has 0 aromatic carbocycles. The number of carboxylic acids is 1. The van der Waals surface area contributed by atoms with Crippen LogP contribution >= 0.6 is 0 Å². The van der Waals surface area contributed by atoms with Gasteiger partial charge in [-0.25, -0.2) is 9.59 Å². The molecule has 0 saturated heterocycles. The van der Waals surface area contributed by atoms with Crippen molar-refractivity contribution in [2.45, 2.75) is 65.0 Å². The molecule has 0 spiro atoms. The van der Waals surface area contributed by atoms with Crippen molar-refractivity contribution in [1.29, 1.82) is 0 Å². The minimum atomic E-state index is -0.966. The summed E-state index contributed by atoms with van der Waals surface area (Å²) in [5.41, 5.74) is 0. The molecule has 0 aromatic rings. The van der Waals surface area contributed by atoms with Gasteiger partial charge in [0.1, 0.15) is 6.04 Å². The van der Waals surface area contributed by atoms with Crippen LogP contribution in [0.3, 0.4) is 0 Å². The van der Waals surface area contributed by atoms with Crippen molar-refractivity contribution < 1.29 is 14.7 Å². The van der Waals surface area contributed by atoms with Gasteiger partial charge in [0.2, 0.25) is 0 Å². The summed E-state index contributed by atoms with van der Waals surface area (Å²) in [6, 6.07) is -1.04. The van der Waals surface area contributed by atoms with E-state index in [2.05, 4.69) is 10.6 Å². The minimum Gasteiger partial charge on any atom is -0.480 e. The molecule has 5 atom stereocenters. The van der Waals surface area contributed by atoms with Gasteiger partial charge in [0.25, 0.3) is 0 Å². The van der Waals surface area contributed by atoms with Crippen molar-refractivity contribution in [1.82, 2.24) is 10.6 Å². The topological polar surface area (TPSA) is 78.4 Å². The van der Waals surface area contributed by atoms with Gasteiger partial charge in [0.15, 0.2) is 0 Å². The molecule has 120 valence electrons. The SMILES string of the molecule is CC(C)C[C@H](NC(=O)NC(C)C1CC2CCC1C2)C(=O)O. The maximum atomic E-state index is 12.0. The number of hydrogen-bond donors (Lipinski definition) is 3. The van der Waals surface area contributed by atoms with Gasteiger partial charge in [-0.1, -0.05) is 20.3 Å². The van der Waals surface area contributed by atoms with Crippen LogP contribution in [0.5, 0.6) is 0 Å². The first-order valence-corrected chi connectivity index (χ1v) is 8.16. The minimum absolute atomic E-state index is 0.119. The number of fused-ring (bicyclic) bond motifs is 2. The number of carbonyl (C=O) groups is 2. The van der Waals surface area contributed by atoms with Gasteiger partial charge in [-0.3, -0.25) is 0 Å². The Bertz CT molecular complexity index is 397. The van der Waals surface area contributed by atoms with E-state index >= 15 is 0 Å². The number of urea groups is 1. The van der Waals surface area contributed by atoms with Crippen LogP contribution < -0.4 is 10.6 Å². The second-order valence-corrected chi connectivity index (χ2v) is 7.27. The van der Waals surface area contributed by atoms with Crippen molar-refractivity contribution in [3.8, 4) is 0 Å². The van der Waals surface area contributed by atoms with Gasteiger partial charge in [-0.2, -0.15) is 0 Å². The van der Waals surface area contributed by atoms with E-state index in [1.165, 1.54) is 25.7 Å². The molecule has 2 aliphatic rings. The predicted molar refractivity (Wildman–Crippen MR) is 80.9 cm³/mol. The summed E-state index contributed by atoms with van der Waals surface area (Å²) >= 11 is 0. The average Bonchev–Trinajstić information content (AvgIpc) is 2.99. The molecule has 2 bridgehead atoms. The van der Waals surface area contributed by atoms with Crippen molar-refractivity contribution in [3.63, 3.8) is 0 Å². The lowest BCUT2D eigenvalue weighted by Crippen LogP contribution is -2.50. The first kappa shape index (κ1) is 16.1. The maximum Gasteiger partial charge on any atom is 0.326 e. The number of rotatable bonds is 6. The maximum absolute atomic E-state index is 12.0. The van der Waals surface area contributed by atoms with Crippen molar-refractivity contribution >= 4 is 12.0 Å². The number of hydrogen-bond acceptors (Lipinski definition) is 2. The van der Waals surface area contributed by atoms with Gasteiger partial charge in [-0.05, 0) is 56.3 Å². The van der Waals surface area contributed by atoms with E-state index in [-0.39, 0.29) is 18.0 Å². The number of amides is 2. The zero-order chi connectivity index (χ0) is 15.6. The molecular weight excluding hydrogens is 268 g/mol. The van der Waals surface area contributed by atoms with E-state index in [0.717, 1.165) is 11.8 Å². The average molecular weight is 296 g/mol. The van der Waals surface area contributed by atoms with Crippen molar-refractivity contribution in [3.05, 3.63) is 0 Å². The number of carboxylic acid groups (broad SMARTS) is 1. The van der Waals surface area contributed by atoms with Crippen molar-refractivity contribution in [2.75, 3.05) is 0 Å². The van der Waals surface area contributed by atoms with Crippen LogP contribution in [-0.2, 0) is 4.79 Å². The Morgan fingerprint density at radius 2 is 1.86 bits per heavy atom. The highest BCUT2D eigenvalue weighted by molar-refractivity contribution is 5.82. The Hall–Kier alpha value is -1.26. The van der Waals surface area contributed by atoms with E-state index in [9.17, 15) is 9.59 Å². The van der Waals surface area contributed by atoms with E-state index < -0.39 is 12.0 Å². The number of carbonyl (C=O) groups excluding carboxylic acids is 1. The fraction of sp³-hybridized carbons (Fsp3) is 0.875. The summed E-state index contributed by atoms with van der Waals surface area (Å²) in [4.78, 5) is 23.2. The third-order valence-electron chi connectivity index (χ3n) is 5.10.